The number of aromatic nitrogens is 3. The summed E-state index contributed by atoms with van der Waals surface area (Å²) < 4.78 is 15.9. The molecule has 1 heterocycles. The molecular formula is C18H17BrFN5OS. The zero-order valence-corrected chi connectivity index (χ0v) is 17.0. The lowest BCUT2D eigenvalue weighted by Crippen LogP contribution is -2.24. The topological polar surface area (TPSA) is 85.8 Å². The second-order valence-corrected chi connectivity index (χ2v) is 8.05. The maximum Gasteiger partial charge on any atom is 0.237 e. The van der Waals surface area contributed by atoms with Crippen molar-refractivity contribution in [2.45, 2.75) is 24.3 Å². The molecule has 0 aliphatic rings. The molecule has 9 heteroatoms. The number of nitrogen functional groups attached to an aromatic ring is 1. The van der Waals surface area contributed by atoms with E-state index in [1.54, 1.807) is 25.1 Å². The van der Waals surface area contributed by atoms with Gasteiger partial charge in [-0.25, -0.2) is 9.07 Å². The van der Waals surface area contributed by atoms with E-state index < -0.39 is 11.1 Å². The quantitative estimate of drug-likeness (QED) is 0.454. The van der Waals surface area contributed by atoms with E-state index in [0.717, 1.165) is 21.8 Å². The number of nitrogens with zero attached hydrogens (tertiary/aromatic N) is 3. The van der Waals surface area contributed by atoms with E-state index in [1.165, 1.54) is 10.7 Å². The van der Waals surface area contributed by atoms with Gasteiger partial charge in [-0.2, -0.15) is 0 Å². The van der Waals surface area contributed by atoms with E-state index in [-0.39, 0.29) is 17.3 Å². The molecule has 1 unspecified atom stereocenters. The Morgan fingerprint density at radius 1 is 1.30 bits per heavy atom. The van der Waals surface area contributed by atoms with E-state index in [2.05, 4.69) is 31.4 Å². The van der Waals surface area contributed by atoms with Gasteiger partial charge in [-0.3, -0.25) is 4.79 Å². The highest BCUT2D eigenvalue weighted by molar-refractivity contribution is 9.10. The molecule has 0 saturated heterocycles. The Hall–Kier alpha value is -2.39. The van der Waals surface area contributed by atoms with Crippen LogP contribution in [0.5, 0.6) is 0 Å². The molecule has 3 aromatic rings. The lowest BCUT2D eigenvalue weighted by Gasteiger charge is -2.13. The maximum atomic E-state index is 14.0. The number of aryl methyl sites for hydroxylation is 1. The van der Waals surface area contributed by atoms with Crippen LogP contribution in [0.2, 0.25) is 0 Å². The number of hydrogen-bond donors (Lipinski definition) is 2. The molecule has 1 aromatic heterocycles. The van der Waals surface area contributed by atoms with Gasteiger partial charge in [-0.15, -0.1) is 10.2 Å². The predicted octanol–water partition coefficient (Wildman–Crippen LogP) is 3.99. The second-order valence-electron chi connectivity index (χ2n) is 5.89. The van der Waals surface area contributed by atoms with Crippen molar-refractivity contribution in [2.24, 2.45) is 0 Å². The van der Waals surface area contributed by atoms with E-state index in [9.17, 15) is 9.18 Å². The van der Waals surface area contributed by atoms with Crippen molar-refractivity contribution < 1.29 is 9.18 Å². The van der Waals surface area contributed by atoms with Crippen molar-refractivity contribution in [1.29, 1.82) is 0 Å². The Kier molecular flexibility index (Phi) is 5.81. The summed E-state index contributed by atoms with van der Waals surface area (Å²) in [6.07, 6.45) is 0. The number of amides is 1. The van der Waals surface area contributed by atoms with Crippen LogP contribution in [0.1, 0.15) is 12.5 Å². The summed E-state index contributed by atoms with van der Waals surface area (Å²) in [6, 6.07) is 11.8. The average molecular weight is 450 g/mol. The van der Waals surface area contributed by atoms with Gasteiger partial charge in [0.2, 0.25) is 11.1 Å². The molecule has 0 aliphatic heterocycles. The minimum Gasteiger partial charge on any atom is -0.335 e. The molecular weight excluding hydrogens is 433 g/mol. The van der Waals surface area contributed by atoms with Crippen LogP contribution in [0.4, 0.5) is 10.1 Å². The Morgan fingerprint density at radius 3 is 2.74 bits per heavy atom. The van der Waals surface area contributed by atoms with Gasteiger partial charge >= 0.3 is 0 Å². The minimum atomic E-state index is -0.488. The van der Waals surface area contributed by atoms with Crippen LogP contribution in [0.3, 0.4) is 0 Å². The van der Waals surface area contributed by atoms with Crippen molar-refractivity contribution in [1.82, 2.24) is 14.9 Å². The number of carbonyl (C=O) groups excluding carboxylic acids is 1. The first-order valence-electron chi connectivity index (χ1n) is 8.06. The van der Waals surface area contributed by atoms with Crippen molar-refractivity contribution in [3.8, 4) is 11.4 Å². The van der Waals surface area contributed by atoms with Gasteiger partial charge in [0, 0.05) is 4.47 Å². The number of nitrogens with one attached hydrogen (secondary N) is 1. The highest BCUT2D eigenvalue weighted by Crippen LogP contribution is 2.28. The van der Waals surface area contributed by atoms with Gasteiger partial charge < -0.3 is 11.2 Å². The van der Waals surface area contributed by atoms with Gasteiger partial charge in [0.05, 0.1) is 16.5 Å². The third-order valence-corrected chi connectivity index (χ3v) is 5.53. The number of halogens is 2. The number of thioether (sulfide) groups is 1. The van der Waals surface area contributed by atoms with Gasteiger partial charge in [0.1, 0.15) is 5.82 Å². The van der Waals surface area contributed by atoms with E-state index >= 15 is 0 Å². The number of carbonyl (C=O) groups is 1. The fourth-order valence-electron chi connectivity index (χ4n) is 2.35. The molecule has 27 heavy (non-hydrogen) atoms. The van der Waals surface area contributed by atoms with Crippen LogP contribution in [-0.2, 0) is 4.79 Å². The Labute approximate surface area is 168 Å². The summed E-state index contributed by atoms with van der Waals surface area (Å²) in [5.41, 5.74) is 2.01. The predicted molar refractivity (Wildman–Crippen MR) is 108 cm³/mol. The van der Waals surface area contributed by atoms with E-state index in [1.807, 2.05) is 25.1 Å². The molecule has 0 bridgehead atoms. The summed E-state index contributed by atoms with van der Waals surface area (Å²) in [6.45, 7) is 3.70. The number of benzene rings is 2. The molecule has 0 radical (unpaired) electrons. The van der Waals surface area contributed by atoms with Gasteiger partial charge in [0.25, 0.3) is 0 Å². The van der Waals surface area contributed by atoms with E-state index in [4.69, 9.17) is 5.84 Å². The molecule has 6 nitrogen and oxygen atoms in total. The summed E-state index contributed by atoms with van der Waals surface area (Å²) in [4.78, 5) is 12.5. The normalized spacial score (nSPS) is 12.0. The molecule has 0 spiro atoms. The highest BCUT2D eigenvalue weighted by Gasteiger charge is 2.21. The lowest BCUT2D eigenvalue weighted by atomic mass is 10.2. The summed E-state index contributed by atoms with van der Waals surface area (Å²) in [7, 11) is 0. The summed E-state index contributed by atoms with van der Waals surface area (Å²) in [5, 5.41) is 10.6. The maximum absolute atomic E-state index is 14.0. The zero-order valence-electron chi connectivity index (χ0n) is 14.6. The smallest absolute Gasteiger partial charge is 0.237 e. The molecule has 2 aromatic carbocycles. The molecule has 0 fully saturated rings. The average Bonchev–Trinajstić information content (AvgIpc) is 2.98. The molecule has 0 aliphatic carbocycles. The number of hydrogen-bond acceptors (Lipinski definition) is 5. The van der Waals surface area contributed by atoms with Gasteiger partial charge in [-0.05, 0) is 59.6 Å². The third kappa shape index (κ3) is 4.30. The Bertz CT molecular complexity index is 994. The van der Waals surface area contributed by atoms with Crippen molar-refractivity contribution in [3.05, 3.63) is 58.3 Å². The summed E-state index contributed by atoms with van der Waals surface area (Å²) in [5.74, 6) is 5.56. The SMILES string of the molecule is Cc1ccc(NC(=O)C(C)Sc2nnc(-c3ccccc3F)n2N)c(Br)c1. The molecule has 1 amide bonds. The summed E-state index contributed by atoms with van der Waals surface area (Å²) >= 11 is 4.58. The van der Waals surface area contributed by atoms with Gasteiger partial charge in [0.15, 0.2) is 5.82 Å². The first kappa shape index (κ1) is 19.4. The minimum absolute atomic E-state index is 0.199. The van der Waals surface area contributed by atoms with Crippen LogP contribution in [0, 0.1) is 12.7 Å². The molecule has 3 rings (SSSR count). The van der Waals surface area contributed by atoms with Gasteiger partial charge in [-0.1, -0.05) is 30.0 Å². The molecule has 140 valence electrons. The van der Waals surface area contributed by atoms with Crippen molar-refractivity contribution >= 4 is 39.3 Å². The standard InChI is InChI=1S/C18H17BrFN5OS/c1-10-7-8-15(13(19)9-10)22-17(26)11(2)27-18-24-23-16(25(18)21)12-5-3-4-6-14(12)20/h3-9,11H,21H2,1-2H3,(H,22,26). The van der Waals surface area contributed by atoms with Crippen LogP contribution < -0.4 is 11.2 Å². The Balaban J connectivity index is 1.73. The van der Waals surface area contributed by atoms with Crippen LogP contribution in [-0.4, -0.2) is 26.0 Å². The van der Waals surface area contributed by atoms with E-state index in [0.29, 0.717) is 10.8 Å². The van der Waals surface area contributed by atoms with Crippen molar-refractivity contribution in [3.63, 3.8) is 0 Å². The fourth-order valence-corrected chi connectivity index (χ4v) is 3.71. The number of anilines is 1. The van der Waals surface area contributed by atoms with Crippen LogP contribution in [0.15, 0.2) is 52.1 Å². The molecule has 0 saturated carbocycles. The largest absolute Gasteiger partial charge is 0.335 e. The fraction of sp³-hybridized carbons (Fsp3) is 0.167. The van der Waals surface area contributed by atoms with Crippen LogP contribution in [0.25, 0.3) is 11.4 Å². The highest BCUT2D eigenvalue weighted by atomic mass is 79.9. The molecule has 3 N–H and O–H groups in total. The third-order valence-electron chi connectivity index (χ3n) is 3.81. The Morgan fingerprint density at radius 2 is 2.04 bits per heavy atom. The molecule has 1 atom stereocenters. The first-order chi connectivity index (χ1) is 12.9. The monoisotopic (exact) mass is 449 g/mol. The number of rotatable bonds is 5. The zero-order chi connectivity index (χ0) is 19.6. The van der Waals surface area contributed by atoms with Crippen molar-refractivity contribution in [2.75, 3.05) is 11.2 Å². The van der Waals surface area contributed by atoms with Crippen LogP contribution >= 0.6 is 27.7 Å². The first-order valence-corrected chi connectivity index (χ1v) is 9.73. The number of nitrogens with two attached hydrogens (primary N) is 1. The second kappa shape index (κ2) is 8.10. The lowest BCUT2D eigenvalue weighted by molar-refractivity contribution is -0.115.